The molecule has 0 aromatic heterocycles. The van der Waals surface area contributed by atoms with E-state index in [0.717, 1.165) is 6.42 Å². The summed E-state index contributed by atoms with van der Waals surface area (Å²) < 4.78 is 0. The van der Waals surface area contributed by atoms with Crippen molar-refractivity contribution >= 4 is 0 Å². The minimum absolute atomic E-state index is 0.0761. The molecule has 0 aromatic rings. The number of nitriles is 1. The van der Waals surface area contributed by atoms with Crippen molar-refractivity contribution in [2.75, 3.05) is 6.61 Å². The van der Waals surface area contributed by atoms with E-state index in [1.54, 1.807) is 0 Å². The molecule has 0 aliphatic heterocycles. The number of aliphatic hydroxyl groups excluding tert-OH is 1. The molecule has 0 aliphatic rings. The van der Waals surface area contributed by atoms with Crippen LogP contribution in [0.5, 0.6) is 0 Å². The molecule has 52 valence electrons. The topological polar surface area (TPSA) is 44.0 Å². The Morgan fingerprint density at radius 2 is 2.11 bits per heavy atom. The average molecular weight is 127 g/mol. The fourth-order valence-electron chi connectivity index (χ4n) is 0.731. The van der Waals surface area contributed by atoms with E-state index in [1.807, 2.05) is 13.8 Å². The van der Waals surface area contributed by atoms with Crippen LogP contribution < -0.4 is 0 Å². The summed E-state index contributed by atoms with van der Waals surface area (Å²) in [4.78, 5) is 0. The Balaban J connectivity index is 3.37. The van der Waals surface area contributed by atoms with E-state index in [2.05, 4.69) is 6.07 Å². The highest BCUT2D eigenvalue weighted by molar-refractivity contribution is 4.79. The van der Waals surface area contributed by atoms with E-state index in [1.165, 1.54) is 0 Å². The highest BCUT2D eigenvalue weighted by Gasteiger charge is 2.05. The van der Waals surface area contributed by atoms with Crippen molar-refractivity contribution in [3.05, 3.63) is 0 Å². The summed E-state index contributed by atoms with van der Waals surface area (Å²) in [5.41, 5.74) is 0. The molecule has 1 N–H and O–H groups in total. The highest BCUT2D eigenvalue weighted by Crippen LogP contribution is 2.08. The maximum absolute atomic E-state index is 8.57. The standard InChI is InChI=1S/C7H13NO/c1-6(4-8)3-7(2)5-9/h6-7,9H,3,5H2,1-2H3. The molecule has 0 bridgehead atoms. The Kier molecular flexibility index (Phi) is 4.08. The lowest BCUT2D eigenvalue weighted by Gasteiger charge is -2.07. The van der Waals surface area contributed by atoms with Crippen LogP contribution in [0.3, 0.4) is 0 Å². The third-order valence-electron chi connectivity index (χ3n) is 1.29. The normalized spacial score (nSPS) is 16.2. The van der Waals surface area contributed by atoms with Gasteiger partial charge in [0.15, 0.2) is 0 Å². The summed E-state index contributed by atoms with van der Waals surface area (Å²) in [6.45, 7) is 3.99. The van der Waals surface area contributed by atoms with Crippen LogP contribution in [0, 0.1) is 23.2 Å². The molecule has 2 heteroatoms. The predicted molar refractivity (Wildman–Crippen MR) is 35.6 cm³/mol. The largest absolute Gasteiger partial charge is 0.396 e. The summed E-state index contributed by atoms with van der Waals surface area (Å²) in [5, 5.41) is 16.9. The second-order valence-electron chi connectivity index (χ2n) is 2.55. The van der Waals surface area contributed by atoms with Crippen LogP contribution in [0.25, 0.3) is 0 Å². The van der Waals surface area contributed by atoms with Crippen molar-refractivity contribution in [1.29, 1.82) is 5.26 Å². The molecule has 0 amide bonds. The van der Waals surface area contributed by atoms with Crippen molar-refractivity contribution < 1.29 is 5.11 Å². The second kappa shape index (κ2) is 4.34. The van der Waals surface area contributed by atoms with Crippen molar-refractivity contribution in [3.8, 4) is 6.07 Å². The molecule has 2 atom stereocenters. The number of hydrogen-bond donors (Lipinski definition) is 1. The lowest BCUT2D eigenvalue weighted by Crippen LogP contribution is -2.04. The lowest BCUT2D eigenvalue weighted by molar-refractivity contribution is 0.222. The summed E-state index contributed by atoms with van der Waals surface area (Å²) in [6.07, 6.45) is 0.799. The Morgan fingerprint density at radius 3 is 2.44 bits per heavy atom. The zero-order valence-electron chi connectivity index (χ0n) is 5.96. The molecule has 0 spiro atoms. The van der Waals surface area contributed by atoms with Gasteiger partial charge >= 0.3 is 0 Å². The van der Waals surface area contributed by atoms with Crippen LogP contribution in [0.2, 0.25) is 0 Å². The van der Waals surface area contributed by atoms with Crippen molar-refractivity contribution in [2.24, 2.45) is 11.8 Å². The van der Waals surface area contributed by atoms with Gasteiger partial charge in [-0.05, 0) is 19.3 Å². The van der Waals surface area contributed by atoms with Crippen molar-refractivity contribution in [2.45, 2.75) is 20.3 Å². The summed E-state index contributed by atoms with van der Waals surface area (Å²) in [6, 6.07) is 2.12. The first-order valence-corrected chi connectivity index (χ1v) is 3.21. The smallest absolute Gasteiger partial charge is 0.0652 e. The van der Waals surface area contributed by atoms with Crippen LogP contribution in [-0.2, 0) is 0 Å². The van der Waals surface area contributed by atoms with Crippen LogP contribution >= 0.6 is 0 Å². The SMILES string of the molecule is CC(C#N)CC(C)CO. The van der Waals surface area contributed by atoms with Gasteiger partial charge in [0.1, 0.15) is 0 Å². The van der Waals surface area contributed by atoms with E-state index in [9.17, 15) is 0 Å². The number of hydrogen-bond acceptors (Lipinski definition) is 2. The summed E-state index contributed by atoms with van der Waals surface area (Å²) in [7, 11) is 0. The Morgan fingerprint density at radius 1 is 1.56 bits per heavy atom. The number of aliphatic hydroxyl groups is 1. The molecule has 0 saturated heterocycles. The average Bonchev–Trinajstić information content (AvgIpc) is 1.87. The lowest BCUT2D eigenvalue weighted by atomic mass is 10.00. The van der Waals surface area contributed by atoms with Gasteiger partial charge in [0, 0.05) is 12.5 Å². The summed E-state index contributed by atoms with van der Waals surface area (Å²) in [5.74, 6) is 0.340. The predicted octanol–water partition coefficient (Wildman–Crippen LogP) is 1.16. The molecule has 2 unspecified atom stereocenters. The number of nitrogens with zero attached hydrogens (tertiary/aromatic N) is 1. The van der Waals surface area contributed by atoms with Gasteiger partial charge in [0.2, 0.25) is 0 Å². The molecule has 0 aliphatic carbocycles. The van der Waals surface area contributed by atoms with Gasteiger partial charge in [-0.1, -0.05) is 6.92 Å². The molecule has 0 radical (unpaired) electrons. The fraction of sp³-hybridized carbons (Fsp3) is 0.857. The molecule has 0 fully saturated rings. The monoisotopic (exact) mass is 127 g/mol. The zero-order valence-corrected chi connectivity index (χ0v) is 5.96. The van der Waals surface area contributed by atoms with E-state index >= 15 is 0 Å². The third-order valence-corrected chi connectivity index (χ3v) is 1.29. The minimum atomic E-state index is 0.0761. The van der Waals surface area contributed by atoms with E-state index in [0.29, 0.717) is 0 Å². The van der Waals surface area contributed by atoms with E-state index in [-0.39, 0.29) is 18.4 Å². The first-order chi connectivity index (χ1) is 4.20. The first kappa shape index (κ1) is 8.45. The maximum atomic E-state index is 8.57. The van der Waals surface area contributed by atoms with Gasteiger partial charge in [0.05, 0.1) is 6.07 Å². The van der Waals surface area contributed by atoms with Gasteiger partial charge in [-0.3, -0.25) is 0 Å². The Labute approximate surface area is 56.1 Å². The first-order valence-electron chi connectivity index (χ1n) is 3.21. The van der Waals surface area contributed by atoms with Gasteiger partial charge in [-0.2, -0.15) is 5.26 Å². The fourth-order valence-corrected chi connectivity index (χ4v) is 0.731. The third kappa shape index (κ3) is 3.99. The van der Waals surface area contributed by atoms with Gasteiger partial charge in [0.25, 0.3) is 0 Å². The van der Waals surface area contributed by atoms with Crippen LogP contribution in [-0.4, -0.2) is 11.7 Å². The quantitative estimate of drug-likeness (QED) is 0.618. The molecule has 0 heterocycles. The van der Waals surface area contributed by atoms with E-state index < -0.39 is 0 Å². The maximum Gasteiger partial charge on any atom is 0.0652 e. The second-order valence-corrected chi connectivity index (χ2v) is 2.55. The molecular weight excluding hydrogens is 114 g/mol. The molecule has 0 rings (SSSR count). The highest BCUT2D eigenvalue weighted by atomic mass is 16.3. The molecular formula is C7H13NO. The van der Waals surface area contributed by atoms with Gasteiger partial charge < -0.3 is 5.11 Å². The van der Waals surface area contributed by atoms with Crippen LogP contribution in [0.4, 0.5) is 0 Å². The van der Waals surface area contributed by atoms with Crippen LogP contribution in [0.1, 0.15) is 20.3 Å². The zero-order chi connectivity index (χ0) is 7.28. The van der Waals surface area contributed by atoms with Crippen LogP contribution in [0.15, 0.2) is 0 Å². The van der Waals surface area contributed by atoms with Gasteiger partial charge in [-0.25, -0.2) is 0 Å². The Bertz CT molecular complexity index is 106. The van der Waals surface area contributed by atoms with Crippen molar-refractivity contribution in [1.82, 2.24) is 0 Å². The van der Waals surface area contributed by atoms with E-state index in [4.69, 9.17) is 10.4 Å². The molecule has 2 nitrogen and oxygen atoms in total. The Hall–Kier alpha value is -0.550. The number of rotatable bonds is 3. The molecule has 0 saturated carbocycles. The van der Waals surface area contributed by atoms with Crippen molar-refractivity contribution in [3.63, 3.8) is 0 Å². The molecule has 9 heavy (non-hydrogen) atoms. The van der Waals surface area contributed by atoms with Gasteiger partial charge in [-0.15, -0.1) is 0 Å². The summed E-state index contributed by atoms with van der Waals surface area (Å²) >= 11 is 0. The molecule has 0 aromatic carbocycles. The minimum Gasteiger partial charge on any atom is -0.396 e.